The predicted molar refractivity (Wildman–Crippen MR) is 78.2 cm³/mol. The molecule has 1 unspecified atom stereocenters. The van der Waals surface area contributed by atoms with E-state index >= 15 is 0 Å². The average Bonchev–Trinajstić information content (AvgIpc) is 2.80. The van der Waals surface area contributed by atoms with Gasteiger partial charge in [0.05, 0.1) is 11.0 Å². The van der Waals surface area contributed by atoms with Gasteiger partial charge in [-0.15, -0.1) is 0 Å². The van der Waals surface area contributed by atoms with Crippen molar-refractivity contribution in [3.05, 3.63) is 21.8 Å². The van der Waals surface area contributed by atoms with Gasteiger partial charge in [-0.25, -0.2) is 4.98 Å². The lowest BCUT2D eigenvalue weighted by atomic mass is 10.2. The molecule has 2 aromatic rings. The molecule has 1 aromatic heterocycles. The van der Waals surface area contributed by atoms with Gasteiger partial charge in [-0.05, 0) is 47.2 Å². The second kappa shape index (κ2) is 4.11. The molecular weight excluding hydrogens is 343 g/mol. The zero-order valence-corrected chi connectivity index (χ0v) is 12.1. The van der Waals surface area contributed by atoms with Crippen molar-refractivity contribution in [2.75, 3.05) is 19.3 Å². The summed E-state index contributed by atoms with van der Waals surface area (Å²) in [5, 5.41) is 0. The first-order valence-electron chi connectivity index (χ1n) is 5.76. The SMILES string of the molecule is CN1CCC(n2c(N)nc3cc(I)ccc32)C1=O. The minimum atomic E-state index is -0.208. The van der Waals surface area contributed by atoms with Crippen LogP contribution in [0.3, 0.4) is 0 Å². The zero-order valence-electron chi connectivity index (χ0n) is 9.93. The smallest absolute Gasteiger partial charge is 0.245 e. The Morgan fingerprint density at radius 3 is 2.94 bits per heavy atom. The van der Waals surface area contributed by atoms with E-state index in [0.717, 1.165) is 27.6 Å². The largest absolute Gasteiger partial charge is 0.369 e. The average molecular weight is 356 g/mol. The van der Waals surface area contributed by atoms with Gasteiger partial charge >= 0.3 is 0 Å². The van der Waals surface area contributed by atoms with Gasteiger partial charge in [-0.1, -0.05) is 0 Å². The van der Waals surface area contributed by atoms with Crippen molar-refractivity contribution in [1.29, 1.82) is 0 Å². The number of amides is 1. The van der Waals surface area contributed by atoms with Crippen LogP contribution in [0.15, 0.2) is 18.2 Å². The number of carbonyl (C=O) groups is 1. The molecule has 2 N–H and O–H groups in total. The second-order valence-electron chi connectivity index (χ2n) is 4.54. The number of anilines is 1. The quantitative estimate of drug-likeness (QED) is 0.790. The highest BCUT2D eigenvalue weighted by atomic mass is 127. The maximum atomic E-state index is 12.1. The summed E-state index contributed by atoms with van der Waals surface area (Å²) in [6.45, 7) is 0.771. The fourth-order valence-corrected chi connectivity index (χ4v) is 2.94. The van der Waals surface area contributed by atoms with E-state index in [-0.39, 0.29) is 11.9 Å². The van der Waals surface area contributed by atoms with E-state index in [1.165, 1.54) is 0 Å². The maximum absolute atomic E-state index is 12.1. The molecule has 1 aliphatic rings. The first-order valence-corrected chi connectivity index (χ1v) is 6.84. The van der Waals surface area contributed by atoms with E-state index in [1.54, 1.807) is 4.90 Å². The van der Waals surface area contributed by atoms with Gasteiger partial charge in [-0.2, -0.15) is 0 Å². The fraction of sp³-hybridized carbons (Fsp3) is 0.333. The van der Waals surface area contributed by atoms with Crippen molar-refractivity contribution in [1.82, 2.24) is 14.5 Å². The van der Waals surface area contributed by atoms with Gasteiger partial charge in [0.1, 0.15) is 6.04 Å². The van der Waals surface area contributed by atoms with Gasteiger partial charge in [0.15, 0.2) is 0 Å². The number of carbonyl (C=O) groups excluding carboxylic acids is 1. The second-order valence-corrected chi connectivity index (χ2v) is 5.78. The van der Waals surface area contributed by atoms with E-state index in [2.05, 4.69) is 27.6 Å². The number of rotatable bonds is 1. The van der Waals surface area contributed by atoms with Crippen LogP contribution in [0.25, 0.3) is 11.0 Å². The summed E-state index contributed by atoms with van der Waals surface area (Å²) < 4.78 is 2.97. The molecule has 0 saturated carbocycles. The molecule has 18 heavy (non-hydrogen) atoms. The van der Waals surface area contributed by atoms with Gasteiger partial charge < -0.3 is 10.6 Å². The minimum Gasteiger partial charge on any atom is -0.369 e. The molecule has 2 heterocycles. The molecule has 0 aliphatic carbocycles. The number of hydrogen-bond acceptors (Lipinski definition) is 3. The van der Waals surface area contributed by atoms with E-state index in [0.29, 0.717) is 5.95 Å². The summed E-state index contributed by atoms with van der Waals surface area (Å²) in [7, 11) is 1.82. The summed E-state index contributed by atoms with van der Waals surface area (Å²) >= 11 is 2.24. The maximum Gasteiger partial charge on any atom is 0.245 e. The predicted octanol–water partition coefficient (Wildman–Crippen LogP) is 1.63. The van der Waals surface area contributed by atoms with Crippen molar-refractivity contribution in [3.8, 4) is 0 Å². The third-order valence-electron chi connectivity index (χ3n) is 3.39. The number of benzene rings is 1. The molecule has 1 saturated heterocycles. The number of aromatic nitrogens is 2. The topological polar surface area (TPSA) is 64.2 Å². The van der Waals surface area contributed by atoms with Crippen LogP contribution >= 0.6 is 22.6 Å². The molecule has 1 aromatic carbocycles. The number of nitrogen functional groups attached to an aromatic ring is 1. The van der Waals surface area contributed by atoms with Crippen LogP contribution in [0.5, 0.6) is 0 Å². The van der Waals surface area contributed by atoms with Crippen molar-refractivity contribution in [2.45, 2.75) is 12.5 Å². The van der Waals surface area contributed by atoms with Crippen LogP contribution in [-0.2, 0) is 4.79 Å². The molecule has 1 amide bonds. The Balaban J connectivity index is 2.17. The van der Waals surface area contributed by atoms with E-state index in [9.17, 15) is 4.79 Å². The van der Waals surface area contributed by atoms with Gasteiger partial charge in [-0.3, -0.25) is 9.36 Å². The lowest BCUT2D eigenvalue weighted by molar-refractivity contribution is -0.129. The first-order chi connectivity index (χ1) is 8.58. The summed E-state index contributed by atoms with van der Waals surface area (Å²) in [5.41, 5.74) is 7.75. The Bertz CT molecular complexity index is 636. The van der Waals surface area contributed by atoms with Crippen molar-refractivity contribution < 1.29 is 4.79 Å². The van der Waals surface area contributed by atoms with Crippen LogP contribution < -0.4 is 5.73 Å². The van der Waals surface area contributed by atoms with Crippen LogP contribution in [0.1, 0.15) is 12.5 Å². The number of imidazole rings is 1. The number of fused-ring (bicyclic) bond motifs is 1. The van der Waals surface area contributed by atoms with Gasteiger partial charge in [0.2, 0.25) is 11.9 Å². The first kappa shape index (κ1) is 11.8. The number of nitrogens with two attached hydrogens (primary N) is 1. The molecule has 0 radical (unpaired) electrons. The van der Waals surface area contributed by atoms with E-state index < -0.39 is 0 Å². The van der Waals surface area contributed by atoms with Crippen LogP contribution in [0, 0.1) is 3.57 Å². The third kappa shape index (κ3) is 1.66. The van der Waals surface area contributed by atoms with Crippen LogP contribution in [0.2, 0.25) is 0 Å². The molecule has 1 aliphatic heterocycles. The third-order valence-corrected chi connectivity index (χ3v) is 4.06. The number of hydrogen-bond donors (Lipinski definition) is 1. The van der Waals surface area contributed by atoms with E-state index in [4.69, 9.17) is 5.73 Å². The summed E-state index contributed by atoms with van der Waals surface area (Å²) in [6.07, 6.45) is 0.789. The lowest BCUT2D eigenvalue weighted by Crippen LogP contribution is -2.25. The summed E-state index contributed by atoms with van der Waals surface area (Å²) in [6, 6.07) is 5.75. The number of nitrogens with zero attached hydrogens (tertiary/aromatic N) is 3. The summed E-state index contributed by atoms with van der Waals surface area (Å²) in [4.78, 5) is 18.2. The molecule has 1 fully saturated rings. The van der Waals surface area contributed by atoms with Crippen LogP contribution in [0.4, 0.5) is 5.95 Å². The Hall–Kier alpha value is -1.31. The Kier molecular flexibility index (Phi) is 2.69. The van der Waals surface area contributed by atoms with Gasteiger partial charge in [0.25, 0.3) is 0 Å². The van der Waals surface area contributed by atoms with Crippen molar-refractivity contribution in [3.63, 3.8) is 0 Å². The molecular formula is C12H13IN4O. The van der Waals surface area contributed by atoms with Gasteiger partial charge in [0, 0.05) is 17.2 Å². The molecule has 94 valence electrons. The minimum absolute atomic E-state index is 0.111. The zero-order chi connectivity index (χ0) is 12.9. The Morgan fingerprint density at radius 2 is 2.28 bits per heavy atom. The Morgan fingerprint density at radius 1 is 1.50 bits per heavy atom. The summed E-state index contributed by atoms with van der Waals surface area (Å²) in [5.74, 6) is 0.528. The molecule has 0 spiro atoms. The standard InChI is InChI=1S/C12H13IN4O/c1-16-5-4-10(11(16)18)17-9-3-2-7(13)6-8(9)15-12(17)14/h2-3,6,10H,4-5H2,1H3,(H2,14,15). The van der Waals surface area contributed by atoms with Crippen LogP contribution in [-0.4, -0.2) is 34.0 Å². The van der Waals surface area contributed by atoms with Crippen molar-refractivity contribution in [2.24, 2.45) is 0 Å². The molecule has 3 rings (SSSR count). The highest BCUT2D eigenvalue weighted by Gasteiger charge is 2.32. The molecule has 0 bridgehead atoms. The van der Waals surface area contributed by atoms with E-state index in [1.807, 2.05) is 29.8 Å². The molecule has 1 atom stereocenters. The normalized spacial score (nSPS) is 20.0. The highest BCUT2D eigenvalue weighted by molar-refractivity contribution is 14.1. The molecule has 5 nitrogen and oxygen atoms in total. The van der Waals surface area contributed by atoms with Crippen molar-refractivity contribution >= 4 is 45.5 Å². The highest BCUT2D eigenvalue weighted by Crippen LogP contribution is 2.30. The fourth-order valence-electron chi connectivity index (χ4n) is 2.46. The number of likely N-dealkylation sites (N-methyl/N-ethyl adjacent to an activating group) is 1. The Labute approximate surface area is 118 Å². The molecule has 6 heteroatoms. The number of halogens is 1. The number of likely N-dealkylation sites (tertiary alicyclic amines) is 1. The lowest BCUT2D eigenvalue weighted by Gasteiger charge is -2.14. The monoisotopic (exact) mass is 356 g/mol.